The molecular weight excluding hydrogens is 244 g/mol. The highest BCUT2D eigenvalue weighted by Crippen LogP contribution is 2.12. The normalized spacial score (nSPS) is 10.2. The number of aromatic nitrogens is 3. The number of nitrogens with zero attached hydrogens (tertiary/aromatic N) is 3. The summed E-state index contributed by atoms with van der Waals surface area (Å²) in [5.41, 5.74) is 0.735. The molecule has 0 spiro atoms. The lowest BCUT2D eigenvalue weighted by atomic mass is 10.2. The Bertz CT molecular complexity index is 610. The Labute approximate surface area is 111 Å². The Morgan fingerprint density at radius 2 is 2.21 bits per heavy atom. The average molecular weight is 260 g/mol. The van der Waals surface area contributed by atoms with E-state index in [0.717, 1.165) is 17.9 Å². The number of hydrogen-bond acceptors (Lipinski definition) is 5. The van der Waals surface area contributed by atoms with Crippen molar-refractivity contribution in [3.05, 3.63) is 46.4 Å². The first-order valence-corrected chi connectivity index (χ1v) is 6.04. The zero-order valence-corrected chi connectivity index (χ0v) is 11.0. The van der Waals surface area contributed by atoms with Crippen LogP contribution in [0.4, 0.5) is 5.82 Å². The third kappa shape index (κ3) is 3.09. The SMILES string of the molecule is CCNc1ncccc1Cn1nc(OC)ccc1=O. The lowest BCUT2D eigenvalue weighted by Crippen LogP contribution is -2.23. The molecule has 0 saturated carbocycles. The van der Waals surface area contributed by atoms with Crippen molar-refractivity contribution in [1.82, 2.24) is 14.8 Å². The summed E-state index contributed by atoms with van der Waals surface area (Å²) in [5.74, 6) is 1.18. The second-order valence-corrected chi connectivity index (χ2v) is 3.91. The van der Waals surface area contributed by atoms with Crippen LogP contribution in [0, 0.1) is 0 Å². The number of hydrogen-bond donors (Lipinski definition) is 1. The van der Waals surface area contributed by atoms with E-state index < -0.39 is 0 Å². The van der Waals surface area contributed by atoms with Crippen LogP contribution in [0.5, 0.6) is 5.88 Å². The molecular formula is C13H16N4O2. The van der Waals surface area contributed by atoms with Crippen molar-refractivity contribution in [2.24, 2.45) is 0 Å². The van der Waals surface area contributed by atoms with Gasteiger partial charge in [-0.15, -0.1) is 5.10 Å². The maximum absolute atomic E-state index is 11.8. The van der Waals surface area contributed by atoms with Crippen LogP contribution in [-0.2, 0) is 6.54 Å². The summed E-state index contributed by atoms with van der Waals surface area (Å²) in [6.45, 7) is 3.12. The van der Waals surface area contributed by atoms with E-state index >= 15 is 0 Å². The fraction of sp³-hybridized carbons (Fsp3) is 0.308. The summed E-state index contributed by atoms with van der Waals surface area (Å²) in [7, 11) is 1.52. The number of ether oxygens (including phenoxy) is 1. The van der Waals surface area contributed by atoms with Crippen LogP contribution in [0.2, 0.25) is 0 Å². The largest absolute Gasteiger partial charge is 0.480 e. The first-order chi connectivity index (χ1) is 9.24. The van der Waals surface area contributed by atoms with Gasteiger partial charge >= 0.3 is 0 Å². The van der Waals surface area contributed by atoms with Crippen LogP contribution in [0.1, 0.15) is 12.5 Å². The van der Waals surface area contributed by atoms with Crippen LogP contribution in [0.15, 0.2) is 35.3 Å². The van der Waals surface area contributed by atoms with Gasteiger partial charge in [0.1, 0.15) is 5.82 Å². The van der Waals surface area contributed by atoms with E-state index in [9.17, 15) is 4.79 Å². The quantitative estimate of drug-likeness (QED) is 0.872. The van der Waals surface area contributed by atoms with Crippen LogP contribution in [-0.4, -0.2) is 28.4 Å². The zero-order chi connectivity index (χ0) is 13.7. The first-order valence-electron chi connectivity index (χ1n) is 6.04. The molecule has 6 heteroatoms. The molecule has 0 atom stereocenters. The van der Waals surface area contributed by atoms with E-state index in [4.69, 9.17) is 4.74 Å². The van der Waals surface area contributed by atoms with E-state index in [1.807, 2.05) is 19.1 Å². The molecule has 0 aliphatic heterocycles. The summed E-state index contributed by atoms with van der Waals surface area (Å²) in [6, 6.07) is 6.74. The predicted octanol–water partition coefficient (Wildman–Crippen LogP) is 1.13. The van der Waals surface area contributed by atoms with Crippen molar-refractivity contribution < 1.29 is 4.74 Å². The van der Waals surface area contributed by atoms with Crippen molar-refractivity contribution in [2.75, 3.05) is 19.0 Å². The van der Waals surface area contributed by atoms with Gasteiger partial charge in [0.15, 0.2) is 0 Å². The van der Waals surface area contributed by atoms with Crippen LogP contribution >= 0.6 is 0 Å². The molecule has 100 valence electrons. The third-order valence-corrected chi connectivity index (χ3v) is 2.61. The van der Waals surface area contributed by atoms with Crippen molar-refractivity contribution in [3.8, 4) is 5.88 Å². The molecule has 2 aromatic heterocycles. The van der Waals surface area contributed by atoms with E-state index in [-0.39, 0.29) is 5.56 Å². The molecule has 0 amide bonds. The molecule has 1 N–H and O–H groups in total. The average Bonchev–Trinajstić information content (AvgIpc) is 2.43. The second-order valence-electron chi connectivity index (χ2n) is 3.91. The van der Waals surface area contributed by atoms with E-state index in [1.165, 1.54) is 17.9 Å². The minimum Gasteiger partial charge on any atom is -0.480 e. The van der Waals surface area contributed by atoms with Crippen molar-refractivity contribution in [1.29, 1.82) is 0 Å². The lowest BCUT2D eigenvalue weighted by molar-refractivity contribution is 0.379. The summed E-state index contributed by atoms with van der Waals surface area (Å²) >= 11 is 0. The second kappa shape index (κ2) is 5.99. The number of pyridine rings is 1. The zero-order valence-electron chi connectivity index (χ0n) is 11.0. The van der Waals surface area contributed by atoms with Crippen LogP contribution < -0.4 is 15.6 Å². The molecule has 0 bridgehead atoms. The summed E-state index contributed by atoms with van der Waals surface area (Å²) < 4.78 is 6.38. The molecule has 0 saturated heterocycles. The molecule has 2 aromatic rings. The highest BCUT2D eigenvalue weighted by molar-refractivity contribution is 5.43. The number of anilines is 1. The summed E-state index contributed by atoms with van der Waals surface area (Å²) in [4.78, 5) is 16.0. The molecule has 0 aliphatic rings. The van der Waals surface area contributed by atoms with Gasteiger partial charge in [-0.1, -0.05) is 6.07 Å². The molecule has 0 aromatic carbocycles. The van der Waals surface area contributed by atoms with Gasteiger partial charge in [0.25, 0.3) is 5.56 Å². The third-order valence-electron chi connectivity index (χ3n) is 2.61. The minimum atomic E-state index is -0.174. The van der Waals surface area contributed by atoms with Crippen LogP contribution in [0.3, 0.4) is 0 Å². The Balaban J connectivity index is 2.33. The van der Waals surface area contributed by atoms with Gasteiger partial charge in [0.2, 0.25) is 5.88 Å². The predicted molar refractivity (Wildman–Crippen MR) is 72.6 cm³/mol. The summed E-state index contributed by atoms with van der Waals surface area (Å²) in [5, 5.41) is 7.27. The molecule has 6 nitrogen and oxygen atoms in total. The molecule has 0 fully saturated rings. The molecule has 19 heavy (non-hydrogen) atoms. The summed E-state index contributed by atoms with van der Waals surface area (Å²) in [6.07, 6.45) is 1.71. The Hall–Kier alpha value is -2.37. The number of nitrogens with one attached hydrogen (secondary N) is 1. The Kier molecular flexibility index (Phi) is 4.12. The maximum atomic E-state index is 11.8. The molecule has 0 radical (unpaired) electrons. The van der Waals surface area contributed by atoms with E-state index in [0.29, 0.717) is 12.4 Å². The fourth-order valence-electron chi connectivity index (χ4n) is 1.71. The maximum Gasteiger partial charge on any atom is 0.267 e. The van der Waals surface area contributed by atoms with Crippen molar-refractivity contribution >= 4 is 5.82 Å². The topological polar surface area (TPSA) is 69.0 Å². The fourth-order valence-corrected chi connectivity index (χ4v) is 1.71. The highest BCUT2D eigenvalue weighted by Gasteiger charge is 2.06. The monoisotopic (exact) mass is 260 g/mol. The number of rotatable bonds is 5. The Morgan fingerprint density at radius 3 is 2.95 bits per heavy atom. The van der Waals surface area contributed by atoms with Gasteiger partial charge in [-0.2, -0.15) is 0 Å². The molecule has 2 heterocycles. The van der Waals surface area contributed by atoms with Gasteiger partial charge in [0, 0.05) is 30.4 Å². The smallest absolute Gasteiger partial charge is 0.267 e. The van der Waals surface area contributed by atoms with Gasteiger partial charge < -0.3 is 10.1 Å². The van der Waals surface area contributed by atoms with Gasteiger partial charge in [-0.05, 0) is 13.0 Å². The molecule has 0 unspecified atom stereocenters. The van der Waals surface area contributed by atoms with E-state index in [2.05, 4.69) is 15.4 Å². The van der Waals surface area contributed by atoms with Gasteiger partial charge in [-0.3, -0.25) is 4.79 Å². The molecule has 0 aliphatic carbocycles. The standard InChI is InChI=1S/C13H16N4O2/c1-3-14-13-10(5-4-8-15-13)9-17-12(18)7-6-11(16-17)19-2/h4-8H,3,9H2,1-2H3,(H,14,15). The lowest BCUT2D eigenvalue weighted by Gasteiger charge is -2.10. The first kappa shape index (κ1) is 13.1. The van der Waals surface area contributed by atoms with Gasteiger partial charge in [-0.25, -0.2) is 9.67 Å². The van der Waals surface area contributed by atoms with Gasteiger partial charge in [0.05, 0.1) is 13.7 Å². The molecule has 2 rings (SSSR count). The van der Waals surface area contributed by atoms with E-state index in [1.54, 1.807) is 12.3 Å². The Morgan fingerprint density at radius 1 is 1.37 bits per heavy atom. The van der Waals surface area contributed by atoms with Crippen LogP contribution in [0.25, 0.3) is 0 Å². The minimum absolute atomic E-state index is 0.174. The number of methoxy groups -OCH3 is 1. The highest BCUT2D eigenvalue weighted by atomic mass is 16.5. The van der Waals surface area contributed by atoms with Crippen molar-refractivity contribution in [2.45, 2.75) is 13.5 Å². The van der Waals surface area contributed by atoms with Crippen molar-refractivity contribution in [3.63, 3.8) is 0 Å².